The topological polar surface area (TPSA) is 9.23 Å². The highest BCUT2D eigenvalue weighted by molar-refractivity contribution is 9.09. The first-order valence-electron chi connectivity index (χ1n) is 6.04. The number of benzene rings is 2. The van der Waals surface area contributed by atoms with Crippen LogP contribution in [0.5, 0.6) is 11.5 Å². The van der Waals surface area contributed by atoms with Crippen LogP contribution in [-0.2, 0) is 0 Å². The predicted molar refractivity (Wildman–Crippen MR) is 79.6 cm³/mol. The molecule has 0 aliphatic rings. The van der Waals surface area contributed by atoms with Crippen molar-refractivity contribution in [2.24, 2.45) is 0 Å². The van der Waals surface area contributed by atoms with E-state index in [-0.39, 0.29) is 5.82 Å². The van der Waals surface area contributed by atoms with Gasteiger partial charge in [-0.1, -0.05) is 28.1 Å². The minimum atomic E-state index is -0.261. The van der Waals surface area contributed by atoms with Crippen LogP contribution in [0.1, 0.15) is 16.7 Å². The maximum Gasteiger partial charge on any atom is 0.133 e. The number of hydrogen-bond donors (Lipinski definition) is 0. The zero-order valence-corrected chi connectivity index (χ0v) is 12.5. The lowest BCUT2D eigenvalue weighted by atomic mass is 10.0. The molecule has 0 aliphatic carbocycles. The molecule has 0 fully saturated rings. The lowest BCUT2D eigenvalue weighted by molar-refractivity contribution is 0.473. The first-order valence-corrected chi connectivity index (χ1v) is 7.16. The summed E-state index contributed by atoms with van der Waals surface area (Å²) in [7, 11) is 0. The van der Waals surface area contributed by atoms with Crippen molar-refractivity contribution in [2.45, 2.75) is 13.8 Å². The average Bonchev–Trinajstić information content (AvgIpc) is 2.36. The van der Waals surface area contributed by atoms with Crippen LogP contribution in [0.25, 0.3) is 0 Å². The molecule has 0 heterocycles. The van der Waals surface area contributed by atoms with Gasteiger partial charge in [-0.25, -0.2) is 4.39 Å². The van der Waals surface area contributed by atoms with Crippen molar-refractivity contribution in [1.29, 1.82) is 0 Å². The van der Waals surface area contributed by atoms with Crippen molar-refractivity contribution in [1.82, 2.24) is 0 Å². The Morgan fingerprint density at radius 1 is 1.11 bits per heavy atom. The monoisotopic (exact) mass is 321 g/mol. The fourth-order valence-corrected chi connectivity index (χ4v) is 2.35. The zero-order valence-electron chi connectivity index (χ0n) is 10.9. The van der Waals surface area contributed by atoms with E-state index in [1.165, 1.54) is 17.7 Å². The van der Waals surface area contributed by atoms with Crippen LogP contribution in [-0.4, -0.2) is 5.33 Å². The third kappa shape index (κ3) is 3.57. The standard InChI is InChI=1S/C16H15BrFO/c1-11-9-13(7-8-17)10-12(2)16(11)19-15-5-3-14(18)4-6-15/h3-7,9-10H,8H2,1-2H3. The second kappa shape index (κ2) is 6.20. The van der Waals surface area contributed by atoms with Crippen LogP contribution in [0.3, 0.4) is 0 Å². The fraction of sp³-hybridized carbons (Fsp3) is 0.188. The van der Waals surface area contributed by atoms with Gasteiger partial charge in [0.05, 0.1) is 0 Å². The molecule has 99 valence electrons. The summed E-state index contributed by atoms with van der Waals surface area (Å²) in [6.45, 7) is 4.02. The molecule has 1 nitrogen and oxygen atoms in total. The van der Waals surface area contributed by atoms with Gasteiger partial charge < -0.3 is 4.74 Å². The van der Waals surface area contributed by atoms with Gasteiger partial charge in [-0.05, 0) is 54.8 Å². The van der Waals surface area contributed by atoms with Crippen molar-refractivity contribution in [3.8, 4) is 11.5 Å². The molecule has 0 N–H and O–H groups in total. The molecule has 0 aliphatic heterocycles. The minimum absolute atomic E-state index is 0.261. The molecule has 0 saturated heterocycles. The molecule has 2 aromatic rings. The van der Waals surface area contributed by atoms with Gasteiger partial charge in [0.25, 0.3) is 0 Å². The SMILES string of the molecule is Cc1cc([CH]CBr)cc(C)c1Oc1ccc(F)cc1. The van der Waals surface area contributed by atoms with E-state index in [2.05, 4.69) is 34.5 Å². The van der Waals surface area contributed by atoms with E-state index in [1.807, 2.05) is 13.8 Å². The minimum Gasteiger partial charge on any atom is -0.457 e. The van der Waals surface area contributed by atoms with Crippen molar-refractivity contribution in [3.63, 3.8) is 0 Å². The zero-order chi connectivity index (χ0) is 13.8. The van der Waals surface area contributed by atoms with Crippen molar-refractivity contribution in [3.05, 3.63) is 65.3 Å². The summed E-state index contributed by atoms with van der Waals surface area (Å²) in [5.74, 6) is 1.21. The largest absolute Gasteiger partial charge is 0.457 e. The van der Waals surface area contributed by atoms with E-state index in [9.17, 15) is 4.39 Å². The second-order valence-corrected chi connectivity index (χ2v) is 5.05. The Kier molecular flexibility index (Phi) is 4.59. The van der Waals surface area contributed by atoms with Gasteiger partial charge in [0.1, 0.15) is 17.3 Å². The Morgan fingerprint density at radius 2 is 1.68 bits per heavy atom. The first kappa shape index (κ1) is 14.1. The first-order chi connectivity index (χ1) is 9.10. The van der Waals surface area contributed by atoms with E-state index < -0.39 is 0 Å². The van der Waals surface area contributed by atoms with E-state index >= 15 is 0 Å². The number of rotatable bonds is 4. The smallest absolute Gasteiger partial charge is 0.133 e. The highest BCUT2D eigenvalue weighted by Crippen LogP contribution is 2.30. The second-order valence-electron chi connectivity index (χ2n) is 4.40. The van der Waals surface area contributed by atoms with Crippen LogP contribution in [0, 0.1) is 26.1 Å². The molecule has 3 heteroatoms. The van der Waals surface area contributed by atoms with Crippen molar-refractivity contribution < 1.29 is 9.13 Å². The Hall–Kier alpha value is -1.35. The molecule has 2 aromatic carbocycles. The molecule has 0 spiro atoms. The lowest BCUT2D eigenvalue weighted by Gasteiger charge is -2.13. The van der Waals surface area contributed by atoms with Crippen LogP contribution >= 0.6 is 15.9 Å². The fourth-order valence-electron chi connectivity index (χ4n) is 1.97. The summed E-state index contributed by atoms with van der Waals surface area (Å²) in [6.07, 6.45) is 2.10. The number of ether oxygens (including phenoxy) is 1. The predicted octanol–water partition coefficient (Wildman–Crippen LogP) is 5.18. The summed E-state index contributed by atoms with van der Waals surface area (Å²) < 4.78 is 18.7. The molecule has 19 heavy (non-hydrogen) atoms. The Morgan fingerprint density at radius 3 is 2.21 bits per heavy atom. The normalized spacial score (nSPS) is 10.5. The average molecular weight is 322 g/mol. The summed E-state index contributed by atoms with van der Waals surface area (Å²) in [5, 5.41) is 0.823. The number of alkyl halides is 1. The summed E-state index contributed by atoms with van der Waals surface area (Å²) in [6, 6.07) is 10.2. The highest BCUT2D eigenvalue weighted by Gasteiger charge is 2.08. The Labute approximate surface area is 121 Å². The van der Waals surface area contributed by atoms with Gasteiger partial charge in [-0.3, -0.25) is 0 Å². The van der Waals surface area contributed by atoms with Gasteiger partial charge >= 0.3 is 0 Å². The third-order valence-electron chi connectivity index (χ3n) is 2.83. The van der Waals surface area contributed by atoms with Crippen LogP contribution in [0.2, 0.25) is 0 Å². The molecule has 2 rings (SSSR count). The maximum atomic E-state index is 12.9. The quantitative estimate of drug-likeness (QED) is 0.705. The molecular formula is C16H15BrFO. The van der Waals surface area contributed by atoms with Gasteiger partial charge in [-0.15, -0.1) is 0 Å². The molecule has 0 amide bonds. The van der Waals surface area contributed by atoms with Crippen molar-refractivity contribution >= 4 is 15.9 Å². The highest BCUT2D eigenvalue weighted by atomic mass is 79.9. The summed E-state index contributed by atoms with van der Waals surface area (Å²) in [5.41, 5.74) is 3.30. The summed E-state index contributed by atoms with van der Waals surface area (Å²) in [4.78, 5) is 0. The molecule has 0 aromatic heterocycles. The maximum absolute atomic E-state index is 12.9. The molecule has 1 radical (unpaired) electrons. The van der Waals surface area contributed by atoms with Crippen LogP contribution < -0.4 is 4.74 Å². The van der Waals surface area contributed by atoms with E-state index in [0.717, 1.165) is 22.2 Å². The van der Waals surface area contributed by atoms with E-state index in [1.54, 1.807) is 12.1 Å². The number of hydrogen-bond acceptors (Lipinski definition) is 1. The van der Waals surface area contributed by atoms with E-state index in [0.29, 0.717) is 5.75 Å². The summed E-state index contributed by atoms with van der Waals surface area (Å²) >= 11 is 3.39. The van der Waals surface area contributed by atoms with Crippen LogP contribution in [0.4, 0.5) is 4.39 Å². The molecule has 0 unspecified atom stereocenters. The Bertz CT molecular complexity index is 540. The molecular weight excluding hydrogens is 307 g/mol. The third-order valence-corrected chi connectivity index (χ3v) is 3.15. The van der Waals surface area contributed by atoms with Gasteiger partial charge in [0.15, 0.2) is 0 Å². The molecule has 0 bridgehead atoms. The van der Waals surface area contributed by atoms with Crippen LogP contribution in [0.15, 0.2) is 36.4 Å². The molecule has 0 saturated carbocycles. The van der Waals surface area contributed by atoms with Gasteiger partial charge in [0.2, 0.25) is 0 Å². The van der Waals surface area contributed by atoms with E-state index in [4.69, 9.17) is 4.74 Å². The molecule has 0 atom stereocenters. The van der Waals surface area contributed by atoms with Gasteiger partial charge in [-0.2, -0.15) is 0 Å². The van der Waals surface area contributed by atoms with Gasteiger partial charge in [0, 0.05) is 11.8 Å². The van der Waals surface area contributed by atoms with Crippen molar-refractivity contribution in [2.75, 3.05) is 5.33 Å². The lowest BCUT2D eigenvalue weighted by Crippen LogP contribution is -1.94. The number of halogens is 2. The Balaban J connectivity index is 2.27. The number of aryl methyl sites for hydroxylation is 2.